The van der Waals surface area contributed by atoms with Crippen LogP contribution in [0.1, 0.15) is 26.0 Å². The van der Waals surface area contributed by atoms with Gasteiger partial charge in [0.1, 0.15) is 5.69 Å². The average Bonchev–Trinajstić information content (AvgIpc) is 2.97. The molecule has 0 bridgehead atoms. The topological polar surface area (TPSA) is 78.0 Å². The van der Waals surface area contributed by atoms with E-state index >= 15 is 0 Å². The summed E-state index contributed by atoms with van der Waals surface area (Å²) in [6.45, 7) is 8.68. The van der Waals surface area contributed by atoms with E-state index in [0.717, 1.165) is 31.9 Å². The monoisotopic (exact) mass is 277 g/mol. The number of likely N-dealkylation sites (N-methyl/N-ethyl adjacent to an activating group) is 1. The maximum Gasteiger partial charge on any atom is 0.188 e. The highest BCUT2D eigenvalue weighted by Gasteiger charge is 2.26. The Morgan fingerprint density at radius 3 is 2.80 bits per heavy atom. The molecule has 2 heterocycles. The zero-order valence-electron chi connectivity index (χ0n) is 12.2. The largest absolute Gasteiger partial charge is 0.409 e. The van der Waals surface area contributed by atoms with Crippen LogP contribution in [-0.2, 0) is 0 Å². The molecular weight excluding hydrogens is 254 g/mol. The molecular formula is C14H23N5O. The van der Waals surface area contributed by atoms with Gasteiger partial charge in [-0.15, -0.1) is 0 Å². The van der Waals surface area contributed by atoms with E-state index < -0.39 is 0 Å². The van der Waals surface area contributed by atoms with Crippen molar-refractivity contribution >= 4 is 11.5 Å². The summed E-state index contributed by atoms with van der Waals surface area (Å²) in [5.41, 5.74) is 7.10. The Morgan fingerprint density at radius 1 is 1.50 bits per heavy atom. The van der Waals surface area contributed by atoms with Crippen LogP contribution in [0.3, 0.4) is 0 Å². The highest BCUT2D eigenvalue weighted by atomic mass is 16.4. The Morgan fingerprint density at radius 2 is 2.25 bits per heavy atom. The second-order valence-electron chi connectivity index (χ2n) is 5.00. The third-order valence-electron chi connectivity index (χ3n) is 3.98. The first-order valence-corrected chi connectivity index (χ1v) is 7.12. The predicted octanol–water partition coefficient (Wildman–Crippen LogP) is 1.10. The molecule has 1 saturated heterocycles. The van der Waals surface area contributed by atoms with Gasteiger partial charge in [-0.3, -0.25) is 9.88 Å². The number of hydrogen-bond donors (Lipinski definition) is 2. The summed E-state index contributed by atoms with van der Waals surface area (Å²) in [7, 11) is 0. The molecule has 2 rings (SSSR count). The molecule has 1 aliphatic heterocycles. The lowest BCUT2D eigenvalue weighted by atomic mass is 10.2. The van der Waals surface area contributed by atoms with Crippen molar-refractivity contribution < 1.29 is 5.21 Å². The van der Waals surface area contributed by atoms with Gasteiger partial charge >= 0.3 is 0 Å². The number of amidine groups is 1. The highest BCUT2D eigenvalue weighted by molar-refractivity contribution is 5.95. The third-order valence-corrected chi connectivity index (χ3v) is 3.98. The van der Waals surface area contributed by atoms with Gasteiger partial charge in [0.05, 0.1) is 11.9 Å². The number of anilines is 1. The van der Waals surface area contributed by atoms with E-state index in [1.54, 1.807) is 12.3 Å². The van der Waals surface area contributed by atoms with Crippen molar-refractivity contribution in [3.8, 4) is 0 Å². The molecule has 0 aromatic carbocycles. The van der Waals surface area contributed by atoms with E-state index in [2.05, 4.69) is 33.8 Å². The van der Waals surface area contributed by atoms with E-state index in [-0.39, 0.29) is 5.84 Å². The molecule has 110 valence electrons. The maximum absolute atomic E-state index is 8.63. The second kappa shape index (κ2) is 6.56. The van der Waals surface area contributed by atoms with Crippen LogP contribution >= 0.6 is 0 Å². The van der Waals surface area contributed by atoms with E-state index in [1.165, 1.54) is 6.42 Å². The number of nitrogens with zero attached hydrogens (tertiary/aromatic N) is 4. The zero-order valence-corrected chi connectivity index (χ0v) is 12.2. The van der Waals surface area contributed by atoms with Crippen LogP contribution in [0.25, 0.3) is 0 Å². The summed E-state index contributed by atoms with van der Waals surface area (Å²) < 4.78 is 0. The molecule has 1 aromatic rings. The third kappa shape index (κ3) is 3.01. The van der Waals surface area contributed by atoms with Crippen molar-refractivity contribution in [1.29, 1.82) is 0 Å². The van der Waals surface area contributed by atoms with E-state index in [4.69, 9.17) is 10.9 Å². The van der Waals surface area contributed by atoms with Gasteiger partial charge in [0.25, 0.3) is 0 Å². The van der Waals surface area contributed by atoms with E-state index in [0.29, 0.717) is 11.7 Å². The molecule has 0 saturated carbocycles. The van der Waals surface area contributed by atoms with Gasteiger partial charge in [0.2, 0.25) is 0 Å². The number of oxime groups is 1. The number of hydrogen-bond acceptors (Lipinski definition) is 5. The molecule has 0 radical (unpaired) electrons. The molecule has 0 aliphatic carbocycles. The van der Waals surface area contributed by atoms with Gasteiger partial charge in [-0.25, -0.2) is 0 Å². The smallest absolute Gasteiger partial charge is 0.188 e. The predicted molar refractivity (Wildman–Crippen MR) is 80.3 cm³/mol. The molecule has 1 atom stereocenters. The van der Waals surface area contributed by atoms with Crippen LogP contribution in [0.4, 0.5) is 5.69 Å². The first-order chi connectivity index (χ1) is 9.69. The molecule has 1 fully saturated rings. The molecule has 1 aliphatic rings. The quantitative estimate of drug-likeness (QED) is 0.365. The summed E-state index contributed by atoms with van der Waals surface area (Å²) in [5.74, 6) is 0.0407. The van der Waals surface area contributed by atoms with Crippen LogP contribution in [0.2, 0.25) is 0 Å². The molecule has 1 unspecified atom stereocenters. The second-order valence-corrected chi connectivity index (χ2v) is 5.00. The van der Waals surface area contributed by atoms with Crippen molar-refractivity contribution in [2.45, 2.75) is 26.3 Å². The van der Waals surface area contributed by atoms with Crippen molar-refractivity contribution in [2.75, 3.05) is 31.1 Å². The fraction of sp³-hybridized carbons (Fsp3) is 0.571. The first kappa shape index (κ1) is 14.6. The van der Waals surface area contributed by atoms with Crippen molar-refractivity contribution in [1.82, 2.24) is 9.88 Å². The number of aromatic nitrogens is 1. The molecule has 1 aromatic heterocycles. The van der Waals surface area contributed by atoms with Gasteiger partial charge < -0.3 is 15.8 Å². The minimum Gasteiger partial charge on any atom is -0.409 e. The highest BCUT2D eigenvalue weighted by Crippen LogP contribution is 2.22. The van der Waals surface area contributed by atoms with Gasteiger partial charge in [0, 0.05) is 19.1 Å². The normalized spacial score (nSPS) is 19.9. The summed E-state index contributed by atoms with van der Waals surface area (Å²) in [6, 6.07) is 4.38. The molecule has 6 heteroatoms. The first-order valence-electron chi connectivity index (χ1n) is 7.12. The molecule has 0 spiro atoms. The Kier molecular flexibility index (Phi) is 4.79. The molecule has 20 heavy (non-hydrogen) atoms. The van der Waals surface area contributed by atoms with Crippen LogP contribution in [0.15, 0.2) is 23.5 Å². The molecule has 3 N–H and O–H groups in total. The van der Waals surface area contributed by atoms with Crippen LogP contribution < -0.4 is 10.6 Å². The lowest BCUT2D eigenvalue weighted by Crippen LogP contribution is -2.37. The van der Waals surface area contributed by atoms with Crippen LogP contribution in [-0.4, -0.2) is 53.1 Å². The lowest BCUT2D eigenvalue weighted by Gasteiger charge is -2.26. The van der Waals surface area contributed by atoms with Gasteiger partial charge in [-0.05, 0) is 31.6 Å². The summed E-state index contributed by atoms with van der Waals surface area (Å²) >= 11 is 0. The summed E-state index contributed by atoms with van der Waals surface area (Å²) in [5, 5.41) is 11.6. The summed E-state index contributed by atoms with van der Waals surface area (Å²) in [6.07, 6.45) is 2.97. The molecule has 0 amide bonds. The maximum atomic E-state index is 8.63. The molecule has 6 nitrogen and oxygen atoms in total. The van der Waals surface area contributed by atoms with Crippen molar-refractivity contribution in [3.05, 3.63) is 24.0 Å². The Balaban J connectivity index is 2.03. The minimum atomic E-state index is 0.0407. The van der Waals surface area contributed by atoms with E-state index in [9.17, 15) is 0 Å². The number of pyridine rings is 1. The minimum absolute atomic E-state index is 0.0407. The number of nitrogens with two attached hydrogens (primary N) is 1. The van der Waals surface area contributed by atoms with Crippen LogP contribution in [0.5, 0.6) is 0 Å². The lowest BCUT2D eigenvalue weighted by molar-refractivity contribution is 0.232. The fourth-order valence-electron chi connectivity index (χ4n) is 2.79. The van der Waals surface area contributed by atoms with Crippen molar-refractivity contribution in [2.24, 2.45) is 10.9 Å². The van der Waals surface area contributed by atoms with Gasteiger partial charge in [-0.2, -0.15) is 0 Å². The standard InChI is InChI=1S/C14H23N5O/c1-3-18(4-2)12-7-8-19(10-12)11-5-6-13(16-9-11)14(15)17-20/h5-6,9,12,20H,3-4,7-8,10H2,1-2H3,(H2,15,17). The SMILES string of the molecule is CCN(CC)C1CCN(c2ccc(/C(N)=N/O)nc2)C1. The van der Waals surface area contributed by atoms with Gasteiger partial charge in [0.15, 0.2) is 5.84 Å². The zero-order chi connectivity index (χ0) is 14.5. The number of rotatable bonds is 5. The van der Waals surface area contributed by atoms with Crippen LogP contribution in [0, 0.1) is 0 Å². The van der Waals surface area contributed by atoms with E-state index in [1.807, 2.05) is 6.07 Å². The fourth-order valence-corrected chi connectivity index (χ4v) is 2.79. The summed E-state index contributed by atoms with van der Waals surface area (Å²) in [4.78, 5) is 9.07. The van der Waals surface area contributed by atoms with Crippen molar-refractivity contribution in [3.63, 3.8) is 0 Å². The Labute approximate surface area is 119 Å². The average molecular weight is 277 g/mol. The van der Waals surface area contributed by atoms with Gasteiger partial charge in [-0.1, -0.05) is 19.0 Å². The Hall–Kier alpha value is -1.82. The Bertz CT molecular complexity index is 455.